The quantitative estimate of drug-likeness (QED) is 0.158. The molecular weight excluding hydrogens is 1260 g/mol. The first-order chi connectivity index (χ1) is 48.1. The maximum Gasteiger partial charge on any atom is 0.318 e. The molecule has 0 N–H and O–H groups in total. The molecule has 2 aromatic heterocycles. The average Bonchev–Trinajstić information content (AvgIpc) is 1.62. The number of carbonyl (C=O) groups excluding carboxylic acids is 3. The van der Waals surface area contributed by atoms with Gasteiger partial charge in [0.1, 0.15) is 5.51 Å². The third-order valence-electron chi connectivity index (χ3n) is 25.5. The first-order valence-corrected chi connectivity index (χ1v) is 40.8. The molecule has 0 spiro atoms. The molecule has 15 rings (SSSR count). The second-order valence-corrected chi connectivity index (χ2v) is 33.1. The number of hydrogen-bond acceptors (Lipinski definition) is 18. The zero-order valence-corrected chi connectivity index (χ0v) is 64.1. The van der Waals surface area contributed by atoms with Gasteiger partial charge in [-0.15, -0.1) is 15.3 Å². The Kier molecular flexibility index (Phi) is 30.8. The van der Waals surface area contributed by atoms with Crippen LogP contribution in [0.5, 0.6) is 0 Å². The summed E-state index contributed by atoms with van der Waals surface area (Å²) in [5.74, 6) is 6.16. The summed E-state index contributed by atoms with van der Waals surface area (Å²) in [5, 5.41) is 17.5. The van der Waals surface area contributed by atoms with E-state index in [9.17, 15) is 14.4 Å². The SMILES string of the molecule is CC(=O)N1CCCC1C1CCN(C)CC1.CCC(=O)N1CCCC1C1CCN(C)CC1.CN1CCC(C2CCCN2C=O)CC1.CN1CCC([C@@H]2CCCN2Cc2ccccc2)CC1.CN1CCC([C@@H]2CCCN2c2nncs2)CC1.Cc1nnc(N2CCC[C@H]2C2CCN(C)CC2)o1. The zero-order chi connectivity index (χ0) is 69.6. The van der Waals surface area contributed by atoms with Gasteiger partial charge in [-0.25, -0.2) is 0 Å². The van der Waals surface area contributed by atoms with Crippen molar-refractivity contribution in [2.45, 2.75) is 224 Å². The lowest BCUT2D eigenvalue weighted by atomic mass is 9.88. The standard InChI is InChI=1S/C17H26N2.C13H22N4O.C13H24N2O.C12H20N4S.C12H22N2O.C11H20N2O/c1-18-12-9-16(10-13-18)17-8-5-11-19(17)14-15-6-3-2-4-7-15;1-10-14-15-13(18-10)17-7-3-4-12(17)11-5-8-16(2)9-6-11;1-3-13(16)15-8-4-5-12(15)11-6-9-14(2)10-7-11;1-15-7-4-10(5-8-15)11-3-2-6-16(11)12-14-13-9-17-12;1-10(15)14-7-3-4-12(14)11-5-8-13(2)9-6-11;1-12-7-4-10(5-8-12)11-3-2-6-13(11)9-14/h2-4,6-7,16-17H,5,8-14H2,1H3;11-12H,3-9H2,1-2H3;11-12H,3-10H2,1-2H3;9-11H,2-8H2,1H3;11-12H,3-9H2,1-2H3;9-11H,2-8H2,1H3/t17-;12-;;11-;;/m00.0../s1. The highest BCUT2D eigenvalue weighted by Gasteiger charge is 2.40. The van der Waals surface area contributed by atoms with Crippen molar-refractivity contribution in [3.8, 4) is 0 Å². The number of anilines is 2. The molecule has 99 heavy (non-hydrogen) atoms. The van der Waals surface area contributed by atoms with E-state index in [4.69, 9.17) is 4.42 Å². The first kappa shape index (κ1) is 77.3. The molecule has 0 saturated carbocycles. The van der Waals surface area contributed by atoms with Gasteiger partial charge in [0, 0.05) is 95.8 Å². The van der Waals surface area contributed by atoms with Crippen LogP contribution in [0.25, 0.3) is 0 Å². The number of piperidine rings is 6. The molecular formula is C78H134N16O4S. The number of nitrogens with zero attached hydrogens (tertiary/aromatic N) is 16. The Morgan fingerprint density at radius 3 is 1.30 bits per heavy atom. The predicted octanol–water partition coefficient (Wildman–Crippen LogP) is 10.5. The van der Waals surface area contributed by atoms with E-state index in [1.54, 1.807) is 18.3 Å². The van der Waals surface area contributed by atoms with Gasteiger partial charge in [-0.05, 0) is 323 Å². The lowest BCUT2D eigenvalue weighted by Gasteiger charge is -2.37. The summed E-state index contributed by atoms with van der Waals surface area (Å²) in [7, 11) is 13.3. The minimum Gasteiger partial charge on any atom is -0.408 e. The molecule has 3 amide bonds. The van der Waals surface area contributed by atoms with Crippen molar-refractivity contribution >= 4 is 40.7 Å². The number of hydrogen-bond donors (Lipinski definition) is 0. The average molecular weight is 1390 g/mol. The molecule has 1 aromatic carbocycles. The van der Waals surface area contributed by atoms with E-state index < -0.39 is 0 Å². The Labute approximate surface area is 602 Å². The van der Waals surface area contributed by atoms with Crippen LogP contribution >= 0.6 is 11.3 Å². The maximum absolute atomic E-state index is 11.8. The van der Waals surface area contributed by atoms with Crippen LogP contribution in [0.1, 0.15) is 186 Å². The highest BCUT2D eigenvalue weighted by atomic mass is 32.1. The van der Waals surface area contributed by atoms with Gasteiger partial charge in [0.25, 0.3) is 0 Å². The molecule has 556 valence electrons. The Hall–Kier alpha value is -4.35. The van der Waals surface area contributed by atoms with Crippen molar-refractivity contribution in [2.75, 3.05) is 170 Å². The fourth-order valence-electron chi connectivity index (χ4n) is 19.5. The molecule has 21 heteroatoms. The number of carbonyl (C=O) groups is 3. The van der Waals surface area contributed by atoms with E-state index in [0.717, 1.165) is 97.9 Å². The summed E-state index contributed by atoms with van der Waals surface area (Å²) < 4.78 is 5.60. The molecule has 12 aliphatic heterocycles. The summed E-state index contributed by atoms with van der Waals surface area (Å²) in [4.78, 5) is 62.6. The summed E-state index contributed by atoms with van der Waals surface area (Å²) in [5.41, 5.74) is 3.32. The smallest absolute Gasteiger partial charge is 0.318 e. The summed E-state index contributed by atoms with van der Waals surface area (Å²) in [6.07, 6.45) is 32.7. The lowest BCUT2D eigenvalue weighted by Crippen LogP contribution is -2.43. The molecule has 12 saturated heterocycles. The number of aromatic nitrogens is 4. The normalized spacial score (nSPS) is 28.4. The minimum atomic E-state index is 0.274. The predicted molar refractivity (Wildman–Crippen MR) is 402 cm³/mol. The third-order valence-corrected chi connectivity index (χ3v) is 26.3. The third kappa shape index (κ3) is 22.3. The van der Waals surface area contributed by atoms with Gasteiger partial charge in [0.05, 0.1) is 0 Å². The highest BCUT2D eigenvalue weighted by Crippen LogP contribution is 2.38. The number of aryl methyl sites for hydroxylation is 1. The molecule has 3 unspecified atom stereocenters. The van der Waals surface area contributed by atoms with Gasteiger partial charge < -0.3 is 58.3 Å². The van der Waals surface area contributed by atoms with E-state index in [1.165, 1.54) is 251 Å². The maximum atomic E-state index is 11.8. The van der Waals surface area contributed by atoms with Crippen molar-refractivity contribution in [1.29, 1.82) is 0 Å². The number of rotatable bonds is 12. The van der Waals surface area contributed by atoms with E-state index in [2.05, 4.69) is 147 Å². The van der Waals surface area contributed by atoms with Gasteiger partial charge >= 0.3 is 6.01 Å². The topological polar surface area (TPSA) is 155 Å². The molecule has 0 bridgehead atoms. The minimum absolute atomic E-state index is 0.274. The van der Waals surface area contributed by atoms with Crippen molar-refractivity contribution in [2.24, 2.45) is 35.5 Å². The lowest BCUT2D eigenvalue weighted by molar-refractivity contribution is -0.133. The molecule has 3 aromatic rings. The van der Waals surface area contributed by atoms with E-state index in [1.807, 2.05) is 24.3 Å². The fraction of sp³-hybridized carbons (Fsp3) is 0.833. The Balaban J connectivity index is 0.000000129. The van der Waals surface area contributed by atoms with Crippen LogP contribution in [0.2, 0.25) is 0 Å². The molecule has 14 heterocycles. The number of likely N-dealkylation sites (tertiary alicyclic amines) is 10. The van der Waals surface area contributed by atoms with Crippen LogP contribution in [0.4, 0.5) is 11.1 Å². The second-order valence-electron chi connectivity index (χ2n) is 32.3. The van der Waals surface area contributed by atoms with Gasteiger partial charge in [0.15, 0.2) is 0 Å². The molecule has 0 aliphatic carbocycles. The van der Waals surface area contributed by atoms with Gasteiger partial charge in [-0.3, -0.25) is 19.3 Å². The first-order valence-electron chi connectivity index (χ1n) is 39.9. The van der Waals surface area contributed by atoms with Crippen LogP contribution in [0.15, 0.2) is 40.3 Å². The van der Waals surface area contributed by atoms with Gasteiger partial charge in [-0.2, -0.15) is 0 Å². The molecule has 0 radical (unpaired) electrons. The van der Waals surface area contributed by atoms with E-state index in [-0.39, 0.29) is 5.91 Å². The summed E-state index contributed by atoms with van der Waals surface area (Å²) in [6, 6.07) is 15.5. The summed E-state index contributed by atoms with van der Waals surface area (Å²) in [6.45, 7) is 28.0. The van der Waals surface area contributed by atoms with Crippen LogP contribution in [-0.2, 0) is 20.9 Å². The molecule has 12 aliphatic rings. The fourth-order valence-corrected chi connectivity index (χ4v) is 20.2. The van der Waals surface area contributed by atoms with Crippen LogP contribution < -0.4 is 9.80 Å². The summed E-state index contributed by atoms with van der Waals surface area (Å²) >= 11 is 1.68. The van der Waals surface area contributed by atoms with Gasteiger partial charge in [0.2, 0.25) is 29.2 Å². The molecule has 20 nitrogen and oxygen atoms in total. The Morgan fingerprint density at radius 2 is 0.848 bits per heavy atom. The Bertz CT molecular complexity index is 2750. The monoisotopic (exact) mass is 1390 g/mol. The van der Waals surface area contributed by atoms with E-state index in [0.29, 0.717) is 42.4 Å². The van der Waals surface area contributed by atoms with Crippen molar-refractivity contribution in [3.63, 3.8) is 0 Å². The van der Waals surface area contributed by atoms with E-state index >= 15 is 0 Å². The van der Waals surface area contributed by atoms with Crippen LogP contribution in [0.3, 0.4) is 0 Å². The largest absolute Gasteiger partial charge is 0.408 e. The highest BCUT2D eigenvalue weighted by molar-refractivity contribution is 7.13. The molecule has 6 atom stereocenters. The van der Waals surface area contributed by atoms with Crippen molar-refractivity contribution in [1.82, 2.24) is 69.4 Å². The second kappa shape index (κ2) is 39.5. The van der Waals surface area contributed by atoms with Crippen molar-refractivity contribution < 1.29 is 18.8 Å². The van der Waals surface area contributed by atoms with Crippen LogP contribution in [0, 0.1) is 42.4 Å². The van der Waals surface area contributed by atoms with Gasteiger partial charge in [-0.1, -0.05) is 53.7 Å². The number of amides is 3. The molecule has 12 fully saturated rings. The zero-order valence-electron chi connectivity index (χ0n) is 63.3. The van der Waals surface area contributed by atoms with Crippen LogP contribution in [-0.4, -0.2) is 284 Å². The Morgan fingerprint density at radius 1 is 0.455 bits per heavy atom. The van der Waals surface area contributed by atoms with Crippen molar-refractivity contribution in [3.05, 3.63) is 47.3 Å². The number of benzene rings is 1.